The van der Waals surface area contributed by atoms with Crippen LogP contribution in [0.2, 0.25) is 0 Å². The number of rotatable bonds is 1. The van der Waals surface area contributed by atoms with Gasteiger partial charge in [0, 0.05) is 12.4 Å². The molecule has 0 amide bonds. The summed E-state index contributed by atoms with van der Waals surface area (Å²) in [5.41, 5.74) is -5.53. The molecule has 1 aliphatic heterocycles. The quantitative estimate of drug-likeness (QED) is 0.478. The topological polar surface area (TPSA) is 94.3 Å². The van der Waals surface area contributed by atoms with Crippen molar-refractivity contribution in [1.29, 1.82) is 5.26 Å². The van der Waals surface area contributed by atoms with E-state index in [1.54, 1.807) is 12.4 Å². The lowest BCUT2D eigenvalue weighted by Gasteiger charge is -2.06. The van der Waals surface area contributed by atoms with Gasteiger partial charge in [0.15, 0.2) is 0 Å². The van der Waals surface area contributed by atoms with E-state index in [-0.39, 0.29) is 0 Å². The second-order valence-electron chi connectivity index (χ2n) is 4.09. The standard InChI is InChI=1S/C6H10N2.C5H5N.CHF3O3S/c7-3-6-8-4-1-2-5-8;1-2-4-6-5-3-1;2-1(3,4)8(5,6)7/h1-2,4-6H2;1-5H;(H,5,6,7). The Morgan fingerprint density at radius 1 is 1.18 bits per heavy atom. The minimum atomic E-state index is -5.84. The van der Waals surface area contributed by atoms with Gasteiger partial charge in [0.05, 0.1) is 12.6 Å². The third-order valence-electron chi connectivity index (χ3n) is 2.35. The molecule has 0 radical (unpaired) electrons. The van der Waals surface area contributed by atoms with Gasteiger partial charge in [0.1, 0.15) is 0 Å². The first-order chi connectivity index (χ1) is 10.2. The molecule has 2 heterocycles. The first kappa shape index (κ1) is 20.3. The van der Waals surface area contributed by atoms with E-state index >= 15 is 0 Å². The van der Waals surface area contributed by atoms with Crippen molar-refractivity contribution in [3.63, 3.8) is 0 Å². The summed E-state index contributed by atoms with van der Waals surface area (Å²) >= 11 is 0. The molecule has 10 heteroatoms. The maximum atomic E-state index is 10.7. The van der Waals surface area contributed by atoms with Gasteiger partial charge in [-0.05, 0) is 38.1 Å². The number of likely N-dealkylation sites (tertiary alicyclic amines) is 1. The van der Waals surface area contributed by atoms with Gasteiger partial charge in [-0.3, -0.25) is 14.4 Å². The smallest absolute Gasteiger partial charge is 0.291 e. The fourth-order valence-corrected chi connectivity index (χ4v) is 1.35. The third kappa shape index (κ3) is 10.1. The summed E-state index contributed by atoms with van der Waals surface area (Å²) in [6.45, 7) is 2.89. The molecule has 1 N–H and O–H groups in total. The number of hydrogen-bond donors (Lipinski definition) is 1. The van der Waals surface area contributed by atoms with Crippen LogP contribution in [-0.2, 0) is 10.1 Å². The summed E-state index contributed by atoms with van der Waals surface area (Å²) < 4.78 is 57.5. The number of aromatic nitrogens is 1. The lowest BCUT2D eigenvalue weighted by molar-refractivity contribution is -0.0510. The summed E-state index contributed by atoms with van der Waals surface area (Å²) in [6, 6.07) is 7.85. The average Bonchev–Trinajstić information content (AvgIpc) is 2.93. The fourth-order valence-electron chi connectivity index (χ4n) is 1.35. The highest BCUT2D eigenvalue weighted by molar-refractivity contribution is 7.86. The van der Waals surface area contributed by atoms with Gasteiger partial charge in [-0.15, -0.1) is 0 Å². The van der Waals surface area contributed by atoms with E-state index in [0.717, 1.165) is 13.1 Å². The summed E-state index contributed by atoms with van der Waals surface area (Å²) in [5.74, 6) is 0. The number of nitriles is 1. The Kier molecular flexibility index (Phi) is 9.32. The van der Waals surface area contributed by atoms with E-state index in [4.69, 9.17) is 18.2 Å². The zero-order valence-electron chi connectivity index (χ0n) is 11.6. The molecule has 0 aliphatic carbocycles. The van der Waals surface area contributed by atoms with Gasteiger partial charge in [-0.2, -0.15) is 26.9 Å². The van der Waals surface area contributed by atoms with Crippen molar-refractivity contribution < 1.29 is 26.1 Å². The summed E-state index contributed by atoms with van der Waals surface area (Å²) in [4.78, 5) is 5.97. The second-order valence-corrected chi connectivity index (χ2v) is 5.50. The average molecular weight is 339 g/mol. The summed E-state index contributed by atoms with van der Waals surface area (Å²) in [5, 5.41) is 8.24. The zero-order chi connectivity index (χ0) is 17.1. The molecule has 1 saturated heterocycles. The van der Waals surface area contributed by atoms with Crippen molar-refractivity contribution in [2.45, 2.75) is 18.3 Å². The van der Waals surface area contributed by atoms with Crippen LogP contribution < -0.4 is 0 Å². The molecule has 0 saturated carbocycles. The van der Waals surface area contributed by atoms with Crippen LogP contribution in [0.5, 0.6) is 0 Å². The third-order valence-corrected chi connectivity index (χ3v) is 2.94. The van der Waals surface area contributed by atoms with Crippen LogP contribution >= 0.6 is 0 Å². The summed E-state index contributed by atoms with van der Waals surface area (Å²) in [7, 11) is -5.84. The second kappa shape index (κ2) is 10.1. The molecule has 0 atom stereocenters. The normalized spacial score (nSPS) is 14.9. The van der Waals surface area contributed by atoms with Crippen molar-refractivity contribution in [1.82, 2.24) is 9.88 Å². The van der Waals surface area contributed by atoms with E-state index in [2.05, 4.69) is 16.0 Å². The first-order valence-corrected chi connectivity index (χ1v) is 7.60. The van der Waals surface area contributed by atoms with Crippen LogP contribution in [-0.4, -0.2) is 48.0 Å². The Morgan fingerprint density at radius 3 is 1.86 bits per heavy atom. The van der Waals surface area contributed by atoms with Crippen LogP contribution in [0, 0.1) is 11.3 Å². The number of halogens is 3. The predicted octanol–water partition coefficient (Wildman–Crippen LogP) is 2.08. The molecule has 1 fully saturated rings. The molecule has 124 valence electrons. The Labute approximate surface area is 126 Å². The Balaban J connectivity index is 0.000000304. The Hall–Kier alpha value is -1.70. The maximum Gasteiger partial charge on any atom is 0.522 e. The van der Waals surface area contributed by atoms with Crippen molar-refractivity contribution in [2.24, 2.45) is 0 Å². The van der Waals surface area contributed by atoms with E-state index < -0.39 is 15.6 Å². The van der Waals surface area contributed by atoms with E-state index in [1.165, 1.54) is 12.8 Å². The van der Waals surface area contributed by atoms with Crippen molar-refractivity contribution >= 4 is 10.1 Å². The van der Waals surface area contributed by atoms with Gasteiger partial charge >= 0.3 is 15.6 Å². The summed E-state index contributed by atoms with van der Waals surface area (Å²) in [6.07, 6.45) is 6.06. The molecule has 0 unspecified atom stereocenters. The van der Waals surface area contributed by atoms with E-state index in [9.17, 15) is 13.2 Å². The monoisotopic (exact) mass is 339 g/mol. The van der Waals surface area contributed by atoms with E-state index in [1.807, 2.05) is 18.2 Å². The number of hydrogen-bond acceptors (Lipinski definition) is 5. The lowest BCUT2D eigenvalue weighted by Crippen LogP contribution is -2.21. The van der Waals surface area contributed by atoms with Gasteiger partial charge < -0.3 is 0 Å². The Bertz CT molecular complexity index is 512. The van der Waals surface area contributed by atoms with Gasteiger partial charge in [-0.1, -0.05) is 6.07 Å². The SMILES string of the molecule is N#CCN1CCCC1.O=S(=O)(O)C(F)(F)F.c1ccncc1. The van der Waals surface area contributed by atoms with Gasteiger partial charge in [0.25, 0.3) is 0 Å². The largest absolute Gasteiger partial charge is 0.522 e. The highest BCUT2D eigenvalue weighted by Crippen LogP contribution is 2.20. The molecule has 0 bridgehead atoms. The molecule has 0 spiro atoms. The molecule has 1 aromatic heterocycles. The minimum absolute atomic E-state index is 0.625. The van der Waals surface area contributed by atoms with Crippen LogP contribution in [0.25, 0.3) is 0 Å². The highest BCUT2D eigenvalue weighted by atomic mass is 32.2. The first-order valence-electron chi connectivity index (χ1n) is 6.16. The van der Waals surface area contributed by atoms with E-state index in [0.29, 0.717) is 6.54 Å². The van der Waals surface area contributed by atoms with Crippen LogP contribution in [0.1, 0.15) is 12.8 Å². The number of pyridine rings is 1. The van der Waals surface area contributed by atoms with Gasteiger partial charge in [-0.25, -0.2) is 0 Å². The molecular weight excluding hydrogens is 323 g/mol. The minimum Gasteiger partial charge on any atom is -0.291 e. The molecule has 1 aliphatic rings. The molecule has 6 nitrogen and oxygen atoms in total. The van der Waals surface area contributed by atoms with Crippen LogP contribution in [0.15, 0.2) is 30.6 Å². The highest BCUT2D eigenvalue weighted by Gasteiger charge is 2.44. The molecule has 1 aromatic rings. The lowest BCUT2D eigenvalue weighted by atomic mass is 10.4. The van der Waals surface area contributed by atoms with Crippen LogP contribution in [0.3, 0.4) is 0 Å². The number of alkyl halides is 3. The van der Waals surface area contributed by atoms with Crippen molar-refractivity contribution in [3.05, 3.63) is 30.6 Å². The zero-order valence-corrected chi connectivity index (χ0v) is 12.4. The maximum absolute atomic E-state index is 10.7. The molecule has 0 aromatic carbocycles. The fraction of sp³-hybridized carbons (Fsp3) is 0.500. The molecule has 22 heavy (non-hydrogen) atoms. The molecular formula is C12H16F3N3O3S. The van der Waals surface area contributed by atoms with Gasteiger partial charge in [0.2, 0.25) is 0 Å². The van der Waals surface area contributed by atoms with Crippen molar-refractivity contribution in [3.8, 4) is 6.07 Å². The molecule has 2 rings (SSSR count). The van der Waals surface area contributed by atoms with Crippen molar-refractivity contribution in [2.75, 3.05) is 19.6 Å². The predicted molar refractivity (Wildman–Crippen MR) is 73.1 cm³/mol. The Morgan fingerprint density at radius 2 is 1.64 bits per heavy atom. The van der Waals surface area contributed by atoms with Crippen LogP contribution in [0.4, 0.5) is 13.2 Å². The number of nitrogens with zero attached hydrogens (tertiary/aromatic N) is 3.